The van der Waals surface area contributed by atoms with Gasteiger partial charge in [0.2, 0.25) is 5.91 Å². The van der Waals surface area contributed by atoms with Crippen LogP contribution in [0.2, 0.25) is 0 Å². The molecule has 3 heteroatoms. The summed E-state index contributed by atoms with van der Waals surface area (Å²) >= 11 is 0. The van der Waals surface area contributed by atoms with Gasteiger partial charge < -0.3 is 10.1 Å². The second-order valence-electron chi connectivity index (χ2n) is 9.86. The normalized spacial score (nSPS) is 44.9. The summed E-state index contributed by atoms with van der Waals surface area (Å²) in [5.74, 6) is 0.874. The molecule has 4 aliphatic carbocycles. The predicted octanol–water partition coefficient (Wildman–Crippen LogP) is 3.67. The fourth-order valence-electron chi connectivity index (χ4n) is 6.20. The van der Waals surface area contributed by atoms with Crippen LogP contribution in [0.1, 0.15) is 73.1 Å². The molecule has 0 spiro atoms. The summed E-state index contributed by atoms with van der Waals surface area (Å²) in [5.41, 5.74) is 0.663. The van der Waals surface area contributed by atoms with Crippen molar-refractivity contribution < 1.29 is 9.53 Å². The van der Waals surface area contributed by atoms with Crippen LogP contribution in [0.5, 0.6) is 0 Å². The lowest BCUT2D eigenvalue weighted by molar-refractivity contribution is -0.146. The number of rotatable bonds is 3. The van der Waals surface area contributed by atoms with Crippen LogP contribution in [0.4, 0.5) is 0 Å². The Balaban J connectivity index is 1.69. The largest absolute Gasteiger partial charge is 0.366 e. The van der Waals surface area contributed by atoms with Crippen LogP contribution in [0.3, 0.4) is 0 Å². The first-order valence-electron chi connectivity index (χ1n) is 8.46. The maximum absolute atomic E-state index is 12.3. The van der Waals surface area contributed by atoms with E-state index in [4.69, 9.17) is 4.74 Å². The molecule has 2 atom stereocenters. The number of hydrogen-bond donors (Lipinski definition) is 1. The van der Waals surface area contributed by atoms with Crippen LogP contribution in [0, 0.1) is 16.7 Å². The molecule has 4 fully saturated rings. The van der Waals surface area contributed by atoms with Crippen molar-refractivity contribution in [1.82, 2.24) is 5.32 Å². The van der Waals surface area contributed by atoms with Gasteiger partial charge in [-0.2, -0.15) is 0 Å². The van der Waals surface area contributed by atoms with Gasteiger partial charge in [-0.05, 0) is 76.0 Å². The fourth-order valence-corrected chi connectivity index (χ4v) is 6.20. The van der Waals surface area contributed by atoms with E-state index in [1.807, 2.05) is 20.8 Å². The topological polar surface area (TPSA) is 38.3 Å². The number of carbonyl (C=O) groups is 1. The Hall–Kier alpha value is -0.570. The third-order valence-corrected chi connectivity index (χ3v) is 5.67. The molecular weight excluding hydrogens is 262 g/mol. The highest BCUT2D eigenvalue weighted by Crippen LogP contribution is 2.66. The van der Waals surface area contributed by atoms with Crippen molar-refractivity contribution in [2.24, 2.45) is 16.7 Å². The van der Waals surface area contributed by atoms with Crippen molar-refractivity contribution in [1.29, 1.82) is 0 Å². The van der Waals surface area contributed by atoms with Crippen molar-refractivity contribution in [3.8, 4) is 0 Å². The monoisotopic (exact) mass is 293 g/mol. The third kappa shape index (κ3) is 3.13. The van der Waals surface area contributed by atoms with Crippen LogP contribution >= 0.6 is 0 Å². The molecule has 21 heavy (non-hydrogen) atoms. The second kappa shape index (κ2) is 4.47. The molecular formula is C18H31NO2. The van der Waals surface area contributed by atoms with Gasteiger partial charge in [0.15, 0.2) is 0 Å². The third-order valence-electron chi connectivity index (χ3n) is 5.67. The zero-order valence-electron chi connectivity index (χ0n) is 14.3. The van der Waals surface area contributed by atoms with Gasteiger partial charge in [0.05, 0.1) is 5.60 Å². The molecule has 0 aromatic rings. The zero-order chi connectivity index (χ0) is 15.5. The Morgan fingerprint density at radius 1 is 1.10 bits per heavy atom. The minimum atomic E-state index is -0.253. The van der Waals surface area contributed by atoms with E-state index in [9.17, 15) is 4.79 Å². The van der Waals surface area contributed by atoms with E-state index in [-0.39, 0.29) is 23.7 Å². The lowest BCUT2D eigenvalue weighted by atomic mass is 9.43. The zero-order valence-corrected chi connectivity index (χ0v) is 14.3. The number of nitrogens with one attached hydrogen (secondary N) is 1. The first-order chi connectivity index (χ1) is 9.51. The molecule has 0 heterocycles. The predicted molar refractivity (Wildman–Crippen MR) is 84.0 cm³/mol. The van der Waals surface area contributed by atoms with Crippen molar-refractivity contribution >= 4 is 5.91 Å². The highest BCUT2D eigenvalue weighted by molar-refractivity contribution is 5.78. The molecule has 0 aliphatic heterocycles. The van der Waals surface area contributed by atoms with Gasteiger partial charge in [-0.3, -0.25) is 4.79 Å². The highest BCUT2D eigenvalue weighted by Gasteiger charge is 2.60. The molecule has 3 nitrogen and oxygen atoms in total. The highest BCUT2D eigenvalue weighted by atomic mass is 16.5. The summed E-state index contributed by atoms with van der Waals surface area (Å²) in [4.78, 5) is 12.3. The Morgan fingerprint density at radius 3 is 2.14 bits per heavy atom. The smallest absolute Gasteiger partial charge is 0.246 e. The Labute approximate surface area is 129 Å². The van der Waals surface area contributed by atoms with Crippen LogP contribution in [0.25, 0.3) is 0 Å². The Bertz CT molecular complexity index is 433. The maximum Gasteiger partial charge on any atom is 0.246 e. The molecule has 1 amide bonds. The average molecular weight is 293 g/mol. The van der Waals surface area contributed by atoms with E-state index in [2.05, 4.69) is 19.2 Å². The molecule has 0 saturated heterocycles. The van der Waals surface area contributed by atoms with E-state index in [1.54, 1.807) is 0 Å². The van der Waals surface area contributed by atoms with Gasteiger partial charge >= 0.3 is 0 Å². The van der Waals surface area contributed by atoms with Crippen LogP contribution in [-0.2, 0) is 9.53 Å². The maximum atomic E-state index is 12.3. The summed E-state index contributed by atoms with van der Waals surface area (Å²) in [6.45, 7) is 11.0. The average Bonchev–Trinajstić information content (AvgIpc) is 2.19. The molecule has 120 valence electrons. The standard InChI is InChI=1S/C18H31NO2/c1-15(2,3)21-9-14(20)19-18-8-13-6-16(4,11-18)10-17(5,7-13)12-18/h13H,6-12H2,1-5H3,(H,19,20). The number of carbonyl (C=O) groups excluding carboxylic acids is 1. The van der Waals surface area contributed by atoms with Crippen molar-refractivity contribution in [2.75, 3.05) is 6.61 Å². The lowest BCUT2D eigenvalue weighted by Crippen LogP contribution is -2.65. The van der Waals surface area contributed by atoms with Gasteiger partial charge in [0.25, 0.3) is 0 Å². The van der Waals surface area contributed by atoms with E-state index in [0.29, 0.717) is 10.8 Å². The Morgan fingerprint density at radius 2 is 1.67 bits per heavy atom. The van der Waals surface area contributed by atoms with Crippen molar-refractivity contribution in [2.45, 2.75) is 84.3 Å². The molecule has 2 unspecified atom stereocenters. The van der Waals surface area contributed by atoms with E-state index < -0.39 is 0 Å². The Kier molecular flexibility index (Phi) is 3.26. The fraction of sp³-hybridized carbons (Fsp3) is 0.944. The van der Waals surface area contributed by atoms with Gasteiger partial charge in [-0.15, -0.1) is 0 Å². The van der Waals surface area contributed by atoms with Crippen LogP contribution in [0.15, 0.2) is 0 Å². The molecule has 4 saturated carbocycles. The quantitative estimate of drug-likeness (QED) is 0.862. The molecule has 4 aliphatic rings. The second-order valence-corrected chi connectivity index (χ2v) is 9.86. The molecule has 4 bridgehead atoms. The minimum Gasteiger partial charge on any atom is -0.366 e. The van der Waals surface area contributed by atoms with Gasteiger partial charge in [-0.25, -0.2) is 0 Å². The van der Waals surface area contributed by atoms with Crippen molar-refractivity contribution in [3.05, 3.63) is 0 Å². The first-order valence-corrected chi connectivity index (χ1v) is 8.46. The summed E-state index contributed by atoms with van der Waals surface area (Å²) in [6, 6.07) is 0. The number of amides is 1. The molecule has 0 aromatic carbocycles. The van der Waals surface area contributed by atoms with Crippen LogP contribution < -0.4 is 5.32 Å². The van der Waals surface area contributed by atoms with E-state index >= 15 is 0 Å². The van der Waals surface area contributed by atoms with Crippen molar-refractivity contribution in [3.63, 3.8) is 0 Å². The summed E-state index contributed by atoms with van der Waals surface area (Å²) in [5, 5.41) is 3.38. The number of hydrogen-bond acceptors (Lipinski definition) is 2. The summed E-state index contributed by atoms with van der Waals surface area (Å²) in [6.07, 6.45) is 7.56. The number of ether oxygens (including phenoxy) is 1. The first kappa shape index (κ1) is 15.3. The summed E-state index contributed by atoms with van der Waals surface area (Å²) in [7, 11) is 0. The van der Waals surface area contributed by atoms with E-state index in [1.165, 1.54) is 25.7 Å². The van der Waals surface area contributed by atoms with Gasteiger partial charge in [0, 0.05) is 5.54 Å². The van der Waals surface area contributed by atoms with Gasteiger partial charge in [0.1, 0.15) is 6.61 Å². The summed E-state index contributed by atoms with van der Waals surface area (Å²) < 4.78 is 5.64. The minimum absolute atomic E-state index is 0.0429. The van der Waals surface area contributed by atoms with Gasteiger partial charge in [-0.1, -0.05) is 13.8 Å². The molecule has 4 rings (SSSR count). The van der Waals surface area contributed by atoms with Crippen LogP contribution in [-0.4, -0.2) is 23.7 Å². The molecule has 1 N–H and O–H groups in total. The SMILES string of the molecule is CC12CC3CC(C)(C1)CC(NC(=O)COC(C)(C)C)(C3)C2. The molecule has 0 radical (unpaired) electrons. The molecule has 0 aromatic heterocycles. The lowest BCUT2D eigenvalue weighted by Gasteiger charge is -2.65. The van der Waals surface area contributed by atoms with E-state index in [0.717, 1.165) is 18.8 Å².